The lowest BCUT2D eigenvalue weighted by atomic mass is 10.1. The van der Waals surface area contributed by atoms with Crippen LogP contribution in [0, 0.1) is 6.92 Å². The summed E-state index contributed by atoms with van der Waals surface area (Å²) in [6.45, 7) is 6.17. The third-order valence-electron chi connectivity index (χ3n) is 3.74. The predicted molar refractivity (Wildman–Crippen MR) is 79.0 cm³/mol. The molecule has 0 aromatic carbocycles. The molecule has 6 heteroatoms. The minimum Gasteiger partial charge on any atom is -0.395 e. The minimum absolute atomic E-state index is 0.0514. The molecule has 0 saturated carbocycles. The quantitative estimate of drug-likeness (QED) is 0.882. The number of nitrogens with zero attached hydrogens (tertiary/aromatic N) is 3. The number of aromatic nitrogens is 2. The van der Waals surface area contributed by atoms with Crippen molar-refractivity contribution in [3.8, 4) is 0 Å². The highest BCUT2D eigenvalue weighted by Crippen LogP contribution is 2.19. The first-order chi connectivity index (χ1) is 10.1. The van der Waals surface area contributed by atoms with Crippen LogP contribution in [0.4, 0.5) is 0 Å². The summed E-state index contributed by atoms with van der Waals surface area (Å²) in [5.74, 6) is -0.118. The van der Waals surface area contributed by atoms with Gasteiger partial charge in [-0.2, -0.15) is 0 Å². The standard InChI is InChI=1S/C15H21N3O3/c1-4-12(5-2)18(6-7-19)15(20)11-8-13-10(3)17-21-14(13)16-9-11/h8-9,12,19H,4-7H2,1-3H3. The van der Waals surface area contributed by atoms with Crippen LogP contribution < -0.4 is 0 Å². The maximum absolute atomic E-state index is 12.7. The molecule has 2 aromatic rings. The van der Waals surface area contributed by atoms with Gasteiger partial charge in [-0.1, -0.05) is 19.0 Å². The van der Waals surface area contributed by atoms with Gasteiger partial charge in [-0.15, -0.1) is 0 Å². The molecule has 0 saturated heterocycles. The van der Waals surface area contributed by atoms with Crippen LogP contribution in [0.5, 0.6) is 0 Å². The molecule has 2 aromatic heterocycles. The molecular weight excluding hydrogens is 270 g/mol. The van der Waals surface area contributed by atoms with E-state index in [1.165, 1.54) is 6.20 Å². The van der Waals surface area contributed by atoms with E-state index in [1.807, 2.05) is 20.8 Å². The number of aliphatic hydroxyl groups is 1. The molecular formula is C15H21N3O3. The molecule has 0 fully saturated rings. The zero-order valence-electron chi connectivity index (χ0n) is 12.7. The molecule has 0 aliphatic heterocycles. The first-order valence-corrected chi connectivity index (χ1v) is 7.26. The van der Waals surface area contributed by atoms with Crippen molar-refractivity contribution in [3.63, 3.8) is 0 Å². The van der Waals surface area contributed by atoms with E-state index in [0.717, 1.165) is 18.2 Å². The van der Waals surface area contributed by atoms with Gasteiger partial charge in [-0.3, -0.25) is 4.79 Å². The zero-order valence-corrected chi connectivity index (χ0v) is 12.7. The minimum atomic E-state index is -0.118. The third kappa shape index (κ3) is 3.05. The number of pyridine rings is 1. The molecule has 0 atom stereocenters. The van der Waals surface area contributed by atoms with E-state index in [4.69, 9.17) is 4.52 Å². The molecule has 1 N–H and O–H groups in total. The Hall–Kier alpha value is -1.95. The summed E-state index contributed by atoms with van der Waals surface area (Å²) >= 11 is 0. The lowest BCUT2D eigenvalue weighted by Crippen LogP contribution is -2.41. The second-order valence-corrected chi connectivity index (χ2v) is 5.04. The van der Waals surface area contributed by atoms with Gasteiger partial charge in [0.05, 0.1) is 23.3 Å². The first kappa shape index (κ1) is 15.4. The predicted octanol–water partition coefficient (Wildman–Crippen LogP) is 2.15. The van der Waals surface area contributed by atoms with Crippen LogP contribution in [0.15, 0.2) is 16.8 Å². The number of hydrogen-bond donors (Lipinski definition) is 1. The van der Waals surface area contributed by atoms with Gasteiger partial charge < -0.3 is 14.5 Å². The highest BCUT2D eigenvalue weighted by Gasteiger charge is 2.23. The number of fused-ring (bicyclic) bond motifs is 1. The van der Waals surface area contributed by atoms with Crippen molar-refractivity contribution in [1.29, 1.82) is 0 Å². The molecule has 1 amide bonds. The summed E-state index contributed by atoms with van der Waals surface area (Å²) in [5, 5.41) is 13.8. The molecule has 0 aliphatic rings. The normalized spacial score (nSPS) is 11.3. The largest absolute Gasteiger partial charge is 0.395 e. The number of rotatable bonds is 6. The van der Waals surface area contributed by atoms with Crippen molar-refractivity contribution in [2.24, 2.45) is 0 Å². The summed E-state index contributed by atoms with van der Waals surface area (Å²) in [5.41, 5.74) is 1.64. The van der Waals surface area contributed by atoms with Crippen molar-refractivity contribution in [3.05, 3.63) is 23.5 Å². The fourth-order valence-corrected chi connectivity index (χ4v) is 2.51. The summed E-state index contributed by atoms with van der Waals surface area (Å²) in [6, 6.07) is 1.87. The van der Waals surface area contributed by atoms with Gasteiger partial charge in [0.1, 0.15) is 0 Å². The van der Waals surface area contributed by atoms with Gasteiger partial charge in [-0.25, -0.2) is 4.98 Å². The highest BCUT2D eigenvalue weighted by atomic mass is 16.5. The Bertz CT molecular complexity index is 620. The van der Waals surface area contributed by atoms with Crippen LogP contribution in [0.3, 0.4) is 0 Å². The van der Waals surface area contributed by atoms with Gasteiger partial charge >= 0.3 is 0 Å². The smallest absolute Gasteiger partial charge is 0.257 e. The maximum Gasteiger partial charge on any atom is 0.257 e. The second kappa shape index (κ2) is 6.67. The topological polar surface area (TPSA) is 79.5 Å². The average molecular weight is 291 g/mol. The van der Waals surface area contributed by atoms with Crippen LogP contribution in [0.2, 0.25) is 0 Å². The average Bonchev–Trinajstić information content (AvgIpc) is 2.88. The van der Waals surface area contributed by atoms with E-state index in [1.54, 1.807) is 11.0 Å². The molecule has 0 spiro atoms. The Labute approximate surface area is 123 Å². The Morgan fingerprint density at radius 3 is 2.76 bits per heavy atom. The molecule has 21 heavy (non-hydrogen) atoms. The molecule has 0 unspecified atom stereocenters. The number of aryl methyl sites for hydroxylation is 1. The summed E-state index contributed by atoms with van der Waals surface area (Å²) in [4.78, 5) is 18.5. The number of hydrogen-bond acceptors (Lipinski definition) is 5. The van der Waals surface area contributed by atoms with Gasteiger partial charge in [0.2, 0.25) is 0 Å². The van der Waals surface area contributed by atoms with Crippen molar-refractivity contribution >= 4 is 17.0 Å². The van der Waals surface area contributed by atoms with E-state index in [2.05, 4.69) is 10.1 Å². The fraction of sp³-hybridized carbons (Fsp3) is 0.533. The van der Waals surface area contributed by atoms with Gasteiger partial charge in [0.15, 0.2) is 0 Å². The Balaban J connectivity index is 2.35. The van der Waals surface area contributed by atoms with Crippen LogP contribution >= 0.6 is 0 Å². The Morgan fingerprint density at radius 2 is 2.14 bits per heavy atom. The Kier molecular flexibility index (Phi) is 4.90. The fourth-order valence-electron chi connectivity index (χ4n) is 2.51. The number of carbonyl (C=O) groups excluding carboxylic acids is 1. The van der Waals surface area contributed by atoms with E-state index in [-0.39, 0.29) is 18.6 Å². The number of carbonyl (C=O) groups is 1. The molecule has 2 rings (SSSR count). The van der Waals surface area contributed by atoms with Gasteiger partial charge in [0.25, 0.3) is 11.6 Å². The van der Waals surface area contributed by atoms with E-state index >= 15 is 0 Å². The second-order valence-electron chi connectivity index (χ2n) is 5.04. The number of amides is 1. The molecule has 2 heterocycles. The lowest BCUT2D eigenvalue weighted by molar-refractivity contribution is 0.0622. The van der Waals surface area contributed by atoms with Crippen LogP contribution in [-0.4, -0.2) is 45.2 Å². The molecule has 0 radical (unpaired) electrons. The van der Waals surface area contributed by atoms with Crippen molar-refractivity contribution in [2.45, 2.75) is 39.7 Å². The van der Waals surface area contributed by atoms with E-state index in [9.17, 15) is 9.90 Å². The van der Waals surface area contributed by atoms with Crippen LogP contribution in [0.1, 0.15) is 42.7 Å². The van der Waals surface area contributed by atoms with Crippen molar-refractivity contribution in [2.75, 3.05) is 13.2 Å². The summed E-state index contributed by atoms with van der Waals surface area (Å²) < 4.78 is 5.06. The van der Waals surface area contributed by atoms with E-state index in [0.29, 0.717) is 23.5 Å². The zero-order chi connectivity index (χ0) is 15.4. The first-order valence-electron chi connectivity index (χ1n) is 7.26. The number of aliphatic hydroxyl groups excluding tert-OH is 1. The third-order valence-corrected chi connectivity index (χ3v) is 3.74. The monoisotopic (exact) mass is 291 g/mol. The molecule has 0 aliphatic carbocycles. The van der Waals surface area contributed by atoms with Crippen LogP contribution in [-0.2, 0) is 0 Å². The lowest BCUT2D eigenvalue weighted by Gasteiger charge is -2.30. The van der Waals surface area contributed by atoms with Crippen molar-refractivity contribution in [1.82, 2.24) is 15.0 Å². The van der Waals surface area contributed by atoms with Crippen LogP contribution in [0.25, 0.3) is 11.1 Å². The highest BCUT2D eigenvalue weighted by molar-refractivity contribution is 5.97. The van der Waals surface area contributed by atoms with Gasteiger partial charge in [0, 0.05) is 18.8 Å². The summed E-state index contributed by atoms with van der Waals surface area (Å²) in [7, 11) is 0. The Morgan fingerprint density at radius 1 is 1.43 bits per heavy atom. The molecule has 0 bridgehead atoms. The SMILES string of the molecule is CCC(CC)N(CCO)C(=O)c1cnc2onc(C)c2c1. The molecule has 6 nitrogen and oxygen atoms in total. The van der Waals surface area contributed by atoms with Gasteiger partial charge in [-0.05, 0) is 25.8 Å². The molecule has 114 valence electrons. The summed E-state index contributed by atoms with van der Waals surface area (Å²) in [6.07, 6.45) is 3.20. The van der Waals surface area contributed by atoms with Crippen molar-refractivity contribution < 1.29 is 14.4 Å². The van der Waals surface area contributed by atoms with E-state index < -0.39 is 0 Å². The maximum atomic E-state index is 12.7.